The van der Waals surface area contributed by atoms with Crippen LogP contribution < -0.4 is 16.0 Å². The average molecular weight is 239 g/mol. The van der Waals surface area contributed by atoms with Gasteiger partial charge in [0, 0.05) is 6.04 Å². The van der Waals surface area contributed by atoms with Gasteiger partial charge in [-0.2, -0.15) is 0 Å². The van der Waals surface area contributed by atoms with Crippen molar-refractivity contribution in [3.63, 3.8) is 0 Å². The Morgan fingerprint density at radius 1 is 1.12 bits per heavy atom. The van der Waals surface area contributed by atoms with Gasteiger partial charge in [-0.3, -0.25) is 9.59 Å². The zero-order valence-corrected chi connectivity index (χ0v) is 10.1. The zero-order chi connectivity index (χ0) is 12.1. The van der Waals surface area contributed by atoms with Crippen molar-refractivity contribution in [2.24, 2.45) is 0 Å². The Bertz CT molecular complexity index is 281. The molecular formula is C12H21N3O2. The lowest BCUT2D eigenvalue weighted by molar-refractivity contribution is -0.127. The van der Waals surface area contributed by atoms with Crippen LogP contribution in [0.3, 0.4) is 0 Å². The summed E-state index contributed by atoms with van der Waals surface area (Å²) in [5.74, 6) is -0.118. The van der Waals surface area contributed by atoms with E-state index in [4.69, 9.17) is 0 Å². The fraction of sp³-hybridized carbons (Fsp3) is 0.833. The van der Waals surface area contributed by atoms with E-state index in [0.717, 1.165) is 32.2 Å². The average Bonchev–Trinajstić information content (AvgIpc) is 2.97. The monoisotopic (exact) mass is 239 g/mol. The van der Waals surface area contributed by atoms with Crippen LogP contribution in [0, 0.1) is 0 Å². The fourth-order valence-electron chi connectivity index (χ4n) is 2.55. The predicted molar refractivity (Wildman–Crippen MR) is 64.4 cm³/mol. The lowest BCUT2D eigenvalue weighted by Gasteiger charge is -2.14. The van der Waals surface area contributed by atoms with Gasteiger partial charge in [0.05, 0.1) is 12.6 Å². The van der Waals surface area contributed by atoms with Gasteiger partial charge in [0.1, 0.15) is 0 Å². The number of nitrogens with one attached hydrogen (secondary N) is 3. The lowest BCUT2D eigenvalue weighted by Crippen LogP contribution is -2.46. The van der Waals surface area contributed by atoms with Crippen molar-refractivity contribution in [3.8, 4) is 0 Å². The largest absolute Gasteiger partial charge is 0.352 e. The van der Waals surface area contributed by atoms with E-state index in [-0.39, 0.29) is 24.4 Å². The molecule has 0 spiro atoms. The first-order valence-corrected chi connectivity index (χ1v) is 6.56. The first-order valence-electron chi connectivity index (χ1n) is 6.56. The van der Waals surface area contributed by atoms with E-state index >= 15 is 0 Å². The molecule has 5 nitrogen and oxygen atoms in total. The first kappa shape index (κ1) is 12.4. The van der Waals surface area contributed by atoms with Gasteiger partial charge in [-0.25, -0.2) is 0 Å². The Labute approximate surface area is 102 Å². The van der Waals surface area contributed by atoms with Gasteiger partial charge in [0.2, 0.25) is 11.8 Å². The highest BCUT2D eigenvalue weighted by Crippen LogP contribution is 2.17. The smallest absolute Gasteiger partial charge is 0.239 e. The lowest BCUT2D eigenvalue weighted by atomic mass is 10.2. The van der Waals surface area contributed by atoms with Crippen molar-refractivity contribution in [1.82, 2.24) is 16.0 Å². The molecule has 0 aromatic rings. The SMILES string of the molecule is O=C(CNC(=O)C1CCCN1)NC1CCCC1. The van der Waals surface area contributed by atoms with Crippen LogP contribution in [0.25, 0.3) is 0 Å². The molecule has 0 aromatic carbocycles. The van der Waals surface area contributed by atoms with Crippen molar-refractivity contribution >= 4 is 11.8 Å². The van der Waals surface area contributed by atoms with E-state index in [1.165, 1.54) is 12.8 Å². The van der Waals surface area contributed by atoms with Gasteiger partial charge in [-0.1, -0.05) is 12.8 Å². The van der Waals surface area contributed by atoms with Crippen LogP contribution in [0.2, 0.25) is 0 Å². The molecule has 1 unspecified atom stereocenters. The summed E-state index contributed by atoms with van der Waals surface area (Å²) in [5, 5.41) is 8.75. The van der Waals surface area contributed by atoms with Gasteiger partial charge in [-0.15, -0.1) is 0 Å². The third-order valence-corrected chi connectivity index (χ3v) is 3.52. The van der Waals surface area contributed by atoms with Crippen molar-refractivity contribution in [3.05, 3.63) is 0 Å². The molecule has 5 heteroatoms. The van der Waals surface area contributed by atoms with Gasteiger partial charge < -0.3 is 16.0 Å². The van der Waals surface area contributed by atoms with Crippen LogP contribution in [0.15, 0.2) is 0 Å². The number of rotatable bonds is 4. The van der Waals surface area contributed by atoms with E-state index in [1.807, 2.05) is 0 Å². The normalized spacial score (nSPS) is 24.8. The number of carbonyl (C=O) groups is 2. The molecule has 2 amide bonds. The molecule has 0 bridgehead atoms. The minimum absolute atomic E-state index is 0.0518. The van der Waals surface area contributed by atoms with E-state index in [2.05, 4.69) is 16.0 Å². The molecule has 1 heterocycles. The molecule has 3 N–H and O–H groups in total. The third-order valence-electron chi connectivity index (χ3n) is 3.52. The Kier molecular flexibility index (Phi) is 4.36. The minimum Gasteiger partial charge on any atom is -0.352 e. The third kappa shape index (κ3) is 3.70. The number of carbonyl (C=O) groups excluding carboxylic acids is 2. The summed E-state index contributed by atoms with van der Waals surface area (Å²) in [6, 6.07) is 0.221. The molecule has 1 aliphatic carbocycles. The predicted octanol–water partition coefficient (Wildman–Crippen LogP) is -0.0866. The Morgan fingerprint density at radius 2 is 1.88 bits per heavy atom. The maximum Gasteiger partial charge on any atom is 0.239 e. The van der Waals surface area contributed by atoms with Crippen molar-refractivity contribution in [1.29, 1.82) is 0 Å². The van der Waals surface area contributed by atoms with Crippen molar-refractivity contribution in [2.75, 3.05) is 13.1 Å². The number of hydrogen-bond donors (Lipinski definition) is 3. The Morgan fingerprint density at radius 3 is 2.53 bits per heavy atom. The number of hydrogen-bond acceptors (Lipinski definition) is 3. The van der Waals surface area contributed by atoms with Crippen LogP contribution in [0.4, 0.5) is 0 Å². The summed E-state index contributed by atoms with van der Waals surface area (Å²) in [5.41, 5.74) is 0. The molecule has 1 atom stereocenters. The highest BCUT2D eigenvalue weighted by atomic mass is 16.2. The van der Waals surface area contributed by atoms with Crippen LogP contribution in [0.5, 0.6) is 0 Å². The van der Waals surface area contributed by atoms with E-state index in [0.29, 0.717) is 6.04 Å². The maximum atomic E-state index is 11.6. The summed E-state index contributed by atoms with van der Waals surface area (Å²) in [6.45, 7) is 1.000. The van der Waals surface area contributed by atoms with Gasteiger partial charge in [0.15, 0.2) is 0 Å². The number of amides is 2. The molecule has 96 valence electrons. The highest BCUT2D eigenvalue weighted by molar-refractivity contribution is 5.87. The van der Waals surface area contributed by atoms with Gasteiger partial charge in [-0.05, 0) is 32.2 Å². The molecular weight excluding hydrogens is 218 g/mol. The summed E-state index contributed by atoms with van der Waals surface area (Å²) in [4.78, 5) is 23.2. The van der Waals surface area contributed by atoms with Crippen LogP contribution in [-0.4, -0.2) is 37.0 Å². The molecule has 0 aromatic heterocycles. The van der Waals surface area contributed by atoms with Crippen molar-refractivity contribution < 1.29 is 9.59 Å². The van der Waals surface area contributed by atoms with E-state index < -0.39 is 0 Å². The van der Waals surface area contributed by atoms with Gasteiger partial charge in [0.25, 0.3) is 0 Å². The summed E-state index contributed by atoms with van der Waals surface area (Å²) < 4.78 is 0. The molecule has 1 aliphatic heterocycles. The molecule has 2 aliphatic rings. The highest BCUT2D eigenvalue weighted by Gasteiger charge is 2.22. The standard InChI is InChI=1S/C12H21N3O2/c16-11(15-9-4-1-2-5-9)8-14-12(17)10-6-3-7-13-10/h9-10,13H,1-8H2,(H,14,17)(H,15,16). The van der Waals surface area contributed by atoms with E-state index in [9.17, 15) is 9.59 Å². The Hall–Kier alpha value is -1.10. The molecule has 1 saturated carbocycles. The molecule has 17 heavy (non-hydrogen) atoms. The summed E-state index contributed by atoms with van der Waals surface area (Å²) >= 11 is 0. The molecule has 0 radical (unpaired) electrons. The Balaban J connectivity index is 1.63. The topological polar surface area (TPSA) is 70.2 Å². The molecule has 2 rings (SSSR count). The van der Waals surface area contributed by atoms with Crippen LogP contribution in [-0.2, 0) is 9.59 Å². The zero-order valence-electron chi connectivity index (χ0n) is 10.1. The molecule has 2 fully saturated rings. The molecule has 1 saturated heterocycles. The van der Waals surface area contributed by atoms with E-state index in [1.54, 1.807) is 0 Å². The fourth-order valence-corrected chi connectivity index (χ4v) is 2.55. The summed E-state index contributed by atoms with van der Waals surface area (Å²) in [7, 11) is 0. The quantitative estimate of drug-likeness (QED) is 0.642. The van der Waals surface area contributed by atoms with Gasteiger partial charge >= 0.3 is 0 Å². The minimum atomic E-state index is -0.103. The second-order valence-electron chi connectivity index (χ2n) is 4.92. The van der Waals surface area contributed by atoms with Crippen molar-refractivity contribution in [2.45, 2.75) is 50.6 Å². The van der Waals surface area contributed by atoms with Crippen LogP contribution in [0.1, 0.15) is 38.5 Å². The maximum absolute atomic E-state index is 11.6. The summed E-state index contributed by atoms with van der Waals surface area (Å²) in [6.07, 6.45) is 6.45. The second-order valence-corrected chi connectivity index (χ2v) is 4.92. The first-order chi connectivity index (χ1) is 8.25. The second kappa shape index (κ2) is 6.00. The van der Waals surface area contributed by atoms with Crippen LogP contribution >= 0.6 is 0 Å².